The van der Waals surface area contributed by atoms with Crippen molar-refractivity contribution in [1.82, 2.24) is 14.9 Å². The Bertz CT molecular complexity index is 623. The van der Waals surface area contributed by atoms with Crippen molar-refractivity contribution < 1.29 is 14.3 Å². The number of nitrogens with one attached hydrogen (secondary N) is 1. The summed E-state index contributed by atoms with van der Waals surface area (Å²) in [5, 5.41) is 3.38. The van der Waals surface area contributed by atoms with Crippen LogP contribution < -0.4 is 21.7 Å². The van der Waals surface area contributed by atoms with Gasteiger partial charge in [-0.3, -0.25) is 4.90 Å². The Morgan fingerprint density at radius 3 is 2.45 bits per heavy atom. The number of nitrogens with zero attached hydrogens (tertiary/aromatic N) is 4. The molecule has 1 aromatic heterocycles. The highest BCUT2D eigenvalue weighted by Gasteiger charge is 2.21. The van der Waals surface area contributed by atoms with E-state index in [1.54, 1.807) is 0 Å². The van der Waals surface area contributed by atoms with Crippen LogP contribution in [0.25, 0.3) is 0 Å². The molecule has 7 N–H and O–H groups in total. The molecule has 0 unspecified atom stereocenters. The van der Waals surface area contributed by atoms with Crippen molar-refractivity contribution in [3.05, 3.63) is 6.07 Å². The molecule has 0 radical (unpaired) electrons. The molecule has 1 saturated carbocycles. The van der Waals surface area contributed by atoms with Crippen LogP contribution >= 0.6 is 8.60 Å². The van der Waals surface area contributed by atoms with E-state index in [-0.39, 0.29) is 0 Å². The smallest absolute Gasteiger partial charge is 0.327 e. The molecule has 29 heavy (non-hydrogen) atoms. The van der Waals surface area contributed by atoms with Gasteiger partial charge in [-0.25, -0.2) is 0 Å². The highest BCUT2D eigenvalue weighted by atomic mass is 31.2. The fraction of sp³-hybridized carbons (Fsp3) is 0.778. The van der Waals surface area contributed by atoms with Crippen LogP contribution in [-0.2, 0) is 4.52 Å². The van der Waals surface area contributed by atoms with Gasteiger partial charge in [0.15, 0.2) is 0 Å². The first-order valence-corrected chi connectivity index (χ1v) is 11.6. The molecule has 0 spiro atoms. The molecular formula is C18H34N7O3P. The summed E-state index contributed by atoms with van der Waals surface area (Å²) in [4.78, 5) is 31.1. The maximum Gasteiger partial charge on any atom is 0.327 e. The third-order valence-corrected chi connectivity index (χ3v) is 6.31. The standard InChI is InChI=1S/C18H34N7O3P/c19-12-14-1-3-15(4-2-14)13-21-18-22-16(20)11-17(23-18)25-7-5-24(6-8-25)9-10-28-29(26)27/h11,14-15,26-27H,1-10,12-13,19H2,(H3,20,21,22,23)/t14-,15-. The molecule has 11 heteroatoms. The van der Waals surface area contributed by atoms with E-state index in [0.717, 1.165) is 45.1 Å². The maximum atomic E-state index is 8.81. The number of hydrogen-bond donors (Lipinski definition) is 5. The van der Waals surface area contributed by atoms with Crippen LogP contribution in [0.3, 0.4) is 0 Å². The Labute approximate surface area is 173 Å². The quantitative estimate of drug-likeness (QED) is 0.355. The number of rotatable bonds is 9. The highest BCUT2D eigenvalue weighted by Crippen LogP contribution is 2.28. The van der Waals surface area contributed by atoms with E-state index in [1.165, 1.54) is 25.7 Å². The fourth-order valence-corrected chi connectivity index (χ4v) is 4.30. The molecule has 2 aliphatic rings. The maximum absolute atomic E-state index is 8.81. The minimum atomic E-state index is -2.27. The Morgan fingerprint density at radius 2 is 1.79 bits per heavy atom. The first kappa shape index (κ1) is 22.4. The predicted octanol–water partition coefficient (Wildman–Crippen LogP) is 0.586. The molecule has 1 saturated heterocycles. The monoisotopic (exact) mass is 427 g/mol. The number of nitrogens with two attached hydrogens (primary N) is 2. The zero-order valence-corrected chi connectivity index (χ0v) is 17.8. The lowest BCUT2D eigenvalue weighted by atomic mass is 9.82. The van der Waals surface area contributed by atoms with Gasteiger partial charge in [-0.1, -0.05) is 0 Å². The summed E-state index contributed by atoms with van der Waals surface area (Å²) in [5.41, 5.74) is 11.8. The van der Waals surface area contributed by atoms with Gasteiger partial charge in [0.25, 0.3) is 0 Å². The van der Waals surface area contributed by atoms with Crippen LogP contribution in [0, 0.1) is 11.8 Å². The summed E-state index contributed by atoms with van der Waals surface area (Å²) < 4.78 is 4.85. The Kier molecular flexibility index (Phi) is 8.65. The first-order chi connectivity index (χ1) is 14.0. The van der Waals surface area contributed by atoms with Gasteiger partial charge < -0.3 is 36.0 Å². The second-order valence-electron chi connectivity index (χ2n) is 7.89. The topological polar surface area (TPSA) is 146 Å². The average molecular weight is 427 g/mol. The van der Waals surface area contributed by atoms with Crippen LogP contribution in [0.1, 0.15) is 25.7 Å². The zero-order chi connectivity index (χ0) is 20.6. The third kappa shape index (κ3) is 7.16. The van der Waals surface area contributed by atoms with Gasteiger partial charge >= 0.3 is 8.60 Å². The van der Waals surface area contributed by atoms with E-state index in [1.807, 2.05) is 6.07 Å². The van der Waals surface area contributed by atoms with E-state index >= 15 is 0 Å². The predicted molar refractivity (Wildman–Crippen MR) is 115 cm³/mol. The normalized spacial score (nSPS) is 23.5. The molecule has 1 aliphatic carbocycles. The lowest BCUT2D eigenvalue weighted by Crippen LogP contribution is -2.47. The summed E-state index contributed by atoms with van der Waals surface area (Å²) >= 11 is 0. The highest BCUT2D eigenvalue weighted by molar-refractivity contribution is 7.39. The van der Waals surface area contributed by atoms with Crippen molar-refractivity contribution in [3.8, 4) is 0 Å². The van der Waals surface area contributed by atoms with Gasteiger partial charge in [0, 0.05) is 45.3 Å². The zero-order valence-electron chi connectivity index (χ0n) is 16.9. The van der Waals surface area contributed by atoms with E-state index in [4.69, 9.17) is 25.8 Å². The van der Waals surface area contributed by atoms with E-state index in [2.05, 4.69) is 25.1 Å². The van der Waals surface area contributed by atoms with Gasteiger partial charge in [-0.2, -0.15) is 9.97 Å². The molecule has 1 aliphatic heterocycles. The average Bonchev–Trinajstić information content (AvgIpc) is 2.72. The van der Waals surface area contributed by atoms with Crippen LogP contribution in [-0.4, -0.2) is 77.1 Å². The molecule has 2 heterocycles. The Balaban J connectivity index is 1.47. The number of piperazine rings is 1. The SMILES string of the molecule is NC[C@H]1CC[C@H](CNc2nc(N)cc(N3CCN(CCOP(O)O)CC3)n2)CC1. The van der Waals surface area contributed by atoms with Crippen LogP contribution in [0.5, 0.6) is 0 Å². The van der Waals surface area contributed by atoms with Crippen LogP contribution in [0.15, 0.2) is 6.07 Å². The molecule has 10 nitrogen and oxygen atoms in total. The minimum Gasteiger partial charge on any atom is -0.383 e. The molecule has 164 valence electrons. The van der Waals surface area contributed by atoms with Crippen LogP contribution in [0.2, 0.25) is 0 Å². The van der Waals surface area contributed by atoms with E-state index in [0.29, 0.717) is 36.8 Å². The lowest BCUT2D eigenvalue weighted by molar-refractivity contribution is 0.184. The van der Waals surface area contributed by atoms with Crippen molar-refractivity contribution >= 4 is 26.2 Å². The third-order valence-electron chi connectivity index (χ3n) is 5.89. The molecule has 0 amide bonds. The second kappa shape index (κ2) is 11.2. The first-order valence-electron chi connectivity index (χ1n) is 10.4. The van der Waals surface area contributed by atoms with Crippen LogP contribution in [0.4, 0.5) is 17.6 Å². The number of hydrogen-bond acceptors (Lipinski definition) is 10. The molecule has 2 fully saturated rings. The fourth-order valence-electron chi connectivity index (χ4n) is 4.05. The van der Waals surface area contributed by atoms with Gasteiger partial charge in [0.05, 0.1) is 6.61 Å². The molecular weight excluding hydrogens is 393 g/mol. The number of anilines is 3. The molecule has 0 atom stereocenters. The van der Waals surface area contributed by atoms with Gasteiger partial charge in [-0.05, 0) is 44.1 Å². The van der Waals surface area contributed by atoms with Crippen molar-refractivity contribution in [3.63, 3.8) is 0 Å². The summed E-state index contributed by atoms with van der Waals surface area (Å²) in [7, 11) is -2.27. The van der Waals surface area contributed by atoms with Gasteiger partial charge in [-0.15, -0.1) is 0 Å². The second-order valence-corrected chi connectivity index (χ2v) is 8.66. The van der Waals surface area contributed by atoms with Gasteiger partial charge in [0.2, 0.25) is 5.95 Å². The molecule has 0 aromatic carbocycles. The molecule has 3 rings (SSSR count). The minimum absolute atomic E-state index is 0.320. The molecule has 1 aromatic rings. The largest absolute Gasteiger partial charge is 0.383 e. The summed E-state index contributed by atoms with van der Waals surface area (Å²) in [5.74, 6) is 3.23. The van der Waals surface area contributed by atoms with Crippen molar-refractivity contribution in [1.29, 1.82) is 0 Å². The lowest BCUT2D eigenvalue weighted by Gasteiger charge is -2.35. The van der Waals surface area contributed by atoms with Crippen molar-refractivity contribution in [2.75, 3.05) is 68.4 Å². The van der Waals surface area contributed by atoms with E-state index in [9.17, 15) is 0 Å². The summed E-state index contributed by atoms with van der Waals surface area (Å²) in [6, 6.07) is 1.82. The summed E-state index contributed by atoms with van der Waals surface area (Å²) in [6.45, 7) is 6.03. The van der Waals surface area contributed by atoms with Crippen molar-refractivity contribution in [2.45, 2.75) is 25.7 Å². The van der Waals surface area contributed by atoms with Gasteiger partial charge in [0.1, 0.15) is 11.6 Å². The Morgan fingerprint density at radius 1 is 1.10 bits per heavy atom. The number of nitrogen functional groups attached to an aromatic ring is 1. The summed E-state index contributed by atoms with van der Waals surface area (Å²) in [6.07, 6.45) is 4.81. The van der Waals surface area contributed by atoms with Crippen molar-refractivity contribution in [2.24, 2.45) is 17.6 Å². The molecule has 0 bridgehead atoms. The number of aromatic nitrogens is 2. The Hall–Kier alpha value is -1.29. The van der Waals surface area contributed by atoms with E-state index < -0.39 is 8.60 Å².